The lowest BCUT2D eigenvalue weighted by Gasteiger charge is -2.16. The molecule has 0 bridgehead atoms. The molecule has 0 saturated heterocycles. The van der Waals surface area contributed by atoms with E-state index < -0.39 is 0 Å². The molecule has 5 nitrogen and oxygen atoms in total. The summed E-state index contributed by atoms with van der Waals surface area (Å²) in [7, 11) is 0. The number of nitrogens with zero attached hydrogens (tertiary/aromatic N) is 1. The maximum absolute atomic E-state index is 12.2. The SMILES string of the molecule is Cc1cc(NN)c(C(=O)NCC2CCCC2C)cn1. The molecule has 1 aromatic heterocycles. The number of hydrogen-bond donors (Lipinski definition) is 3. The highest BCUT2D eigenvalue weighted by Gasteiger charge is 2.24. The van der Waals surface area contributed by atoms with Crippen molar-refractivity contribution in [3.05, 3.63) is 23.5 Å². The van der Waals surface area contributed by atoms with Gasteiger partial charge in [-0.05, 0) is 31.2 Å². The van der Waals surface area contributed by atoms with E-state index >= 15 is 0 Å². The molecule has 0 aliphatic heterocycles. The Bertz CT molecular complexity index is 461. The Hall–Kier alpha value is -1.62. The maximum atomic E-state index is 12.2. The zero-order valence-electron chi connectivity index (χ0n) is 11.6. The van der Waals surface area contributed by atoms with Gasteiger partial charge in [0.05, 0.1) is 11.3 Å². The Morgan fingerprint density at radius 2 is 2.32 bits per heavy atom. The van der Waals surface area contributed by atoms with E-state index in [0.717, 1.165) is 12.2 Å². The molecule has 2 unspecified atom stereocenters. The van der Waals surface area contributed by atoms with Crippen molar-refractivity contribution in [1.82, 2.24) is 10.3 Å². The van der Waals surface area contributed by atoms with Gasteiger partial charge in [0.15, 0.2) is 0 Å². The topological polar surface area (TPSA) is 80.0 Å². The monoisotopic (exact) mass is 262 g/mol. The van der Waals surface area contributed by atoms with Crippen molar-refractivity contribution in [2.24, 2.45) is 17.7 Å². The second kappa shape index (κ2) is 6.02. The number of nitrogen functional groups attached to an aromatic ring is 1. The number of nitrogens with one attached hydrogen (secondary N) is 2. The summed E-state index contributed by atoms with van der Waals surface area (Å²) in [5.41, 5.74) is 4.49. The molecule has 0 aromatic carbocycles. The minimum atomic E-state index is -0.112. The zero-order chi connectivity index (χ0) is 13.8. The number of pyridine rings is 1. The molecule has 1 saturated carbocycles. The van der Waals surface area contributed by atoms with Gasteiger partial charge in [0, 0.05) is 18.4 Å². The maximum Gasteiger partial charge on any atom is 0.255 e. The van der Waals surface area contributed by atoms with Crippen LogP contribution in [0.15, 0.2) is 12.3 Å². The lowest BCUT2D eigenvalue weighted by molar-refractivity contribution is 0.0945. The summed E-state index contributed by atoms with van der Waals surface area (Å²) in [5.74, 6) is 6.62. The molecule has 4 N–H and O–H groups in total. The van der Waals surface area contributed by atoms with Crippen LogP contribution in [0.4, 0.5) is 5.69 Å². The quantitative estimate of drug-likeness (QED) is 0.571. The van der Waals surface area contributed by atoms with Crippen molar-refractivity contribution < 1.29 is 4.79 Å². The van der Waals surface area contributed by atoms with Crippen molar-refractivity contribution in [2.45, 2.75) is 33.1 Å². The average Bonchev–Trinajstić information content (AvgIpc) is 2.81. The van der Waals surface area contributed by atoms with Crippen LogP contribution in [-0.2, 0) is 0 Å². The molecule has 19 heavy (non-hydrogen) atoms. The van der Waals surface area contributed by atoms with Gasteiger partial charge in [-0.3, -0.25) is 15.6 Å². The molecule has 0 spiro atoms. The van der Waals surface area contributed by atoms with Gasteiger partial charge in [-0.2, -0.15) is 0 Å². The Morgan fingerprint density at radius 3 is 2.95 bits per heavy atom. The molecule has 1 aliphatic rings. The molecule has 1 aromatic rings. The standard InChI is InChI=1S/C14H22N4O/c1-9-4-3-5-11(9)7-17-14(19)12-8-16-10(2)6-13(12)18-15/h6,8-9,11H,3-5,7,15H2,1-2H3,(H,16,18)(H,17,19). The van der Waals surface area contributed by atoms with Crippen molar-refractivity contribution >= 4 is 11.6 Å². The minimum Gasteiger partial charge on any atom is -0.352 e. The van der Waals surface area contributed by atoms with Crippen molar-refractivity contribution in [3.63, 3.8) is 0 Å². The lowest BCUT2D eigenvalue weighted by atomic mass is 9.98. The summed E-state index contributed by atoms with van der Waals surface area (Å²) < 4.78 is 0. The van der Waals surface area contributed by atoms with Gasteiger partial charge in [-0.25, -0.2) is 0 Å². The average molecular weight is 262 g/mol. The van der Waals surface area contributed by atoms with Gasteiger partial charge in [0.1, 0.15) is 0 Å². The first-order chi connectivity index (χ1) is 9.11. The third kappa shape index (κ3) is 3.23. The number of nitrogens with two attached hydrogens (primary N) is 1. The first-order valence-corrected chi connectivity index (χ1v) is 6.83. The van der Waals surface area contributed by atoms with Gasteiger partial charge in [0.25, 0.3) is 5.91 Å². The number of aryl methyl sites for hydroxylation is 1. The first kappa shape index (κ1) is 13.8. The molecule has 2 atom stereocenters. The third-order valence-electron chi connectivity index (χ3n) is 4.00. The molecule has 104 valence electrons. The fourth-order valence-corrected chi connectivity index (χ4v) is 2.70. The number of rotatable bonds is 4. The number of carbonyl (C=O) groups excluding carboxylic acids is 1. The second-order valence-corrected chi connectivity index (χ2v) is 5.39. The van der Waals surface area contributed by atoms with Crippen LogP contribution in [0.5, 0.6) is 0 Å². The lowest BCUT2D eigenvalue weighted by Crippen LogP contribution is -2.31. The fraction of sp³-hybridized carbons (Fsp3) is 0.571. The van der Waals surface area contributed by atoms with Crippen molar-refractivity contribution in [1.29, 1.82) is 0 Å². The first-order valence-electron chi connectivity index (χ1n) is 6.83. The smallest absolute Gasteiger partial charge is 0.255 e. The highest BCUT2D eigenvalue weighted by Crippen LogP contribution is 2.30. The summed E-state index contributed by atoms with van der Waals surface area (Å²) >= 11 is 0. The van der Waals surface area contributed by atoms with E-state index in [1.807, 2.05) is 6.92 Å². The van der Waals surface area contributed by atoms with Crippen LogP contribution in [0.3, 0.4) is 0 Å². The zero-order valence-corrected chi connectivity index (χ0v) is 11.6. The van der Waals surface area contributed by atoms with Gasteiger partial charge in [0.2, 0.25) is 0 Å². The van der Waals surface area contributed by atoms with Crippen LogP contribution in [0.2, 0.25) is 0 Å². The van der Waals surface area contributed by atoms with Gasteiger partial charge >= 0.3 is 0 Å². The van der Waals surface area contributed by atoms with Crippen LogP contribution in [0, 0.1) is 18.8 Å². The molecular weight excluding hydrogens is 240 g/mol. The number of carbonyl (C=O) groups is 1. The molecule has 1 fully saturated rings. The Labute approximate surface area is 114 Å². The van der Waals surface area contributed by atoms with E-state index in [4.69, 9.17) is 5.84 Å². The Morgan fingerprint density at radius 1 is 1.53 bits per heavy atom. The number of hydrazine groups is 1. The third-order valence-corrected chi connectivity index (χ3v) is 4.00. The minimum absolute atomic E-state index is 0.112. The summed E-state index contributed by atoms with van der Waals surface area (Å²) in [4.78, 5) is 16.3. The predicted octanol–water partition coefficient (Wildman–Crippen LogP) is 1.84. The molecule has 1 amide bonds. The van der Waals surface area contributed by atoms with E-state index in [0.29, 0.717) is 23.1 Å². The van der Waals surface area contributed by atoms with Crippen LogP contribution in [0.25, 0.3) is 0 Å². The predicted molar refractivity (Wildman–Crippen MR) is 75.6 cm³/mol. The summed E-state index contributed by atoms with van der Waals surface area (Å²) in [5, 5.41) is 2.99. The van der Waals surface area contributed by atoms with Gasteiger partial charge in [-0.15, -0.1) is 0 Å². The summed E-state index contributed by atoms with van der Waals surface area (Å²) in [6.07, 6.45) is 5.30. The van der Waals surface area contributed by atoms with Crippen molar-refractivity contribution in [2.75, 3.05) is 12.0 Å². The van der Waals surface area contributed by atoms with E-state index in [-0.39, 0.29) is 5.91 Å². The Balaban J connectivity index is 1.99. The second-order valence-electron chi connectivity index (χ2n) is 5.39. The van der Waals surface area contributed by atoms with Crippen LogP contribution in [-0.4, -0.2) is 17.4 Å². The molecule has 5 heteroatoms. The van der Waals surface area contributed by atoms with Crippen LogP contribution in [0.1, 0.15) is 42.2 Å². The normalized spacial score (nSPS) is 22.3. The van der Waals surface area contributed by atoms with Crippen molar-refractivity contribution in [3.8, 4) is 0 Å². The Kier molecular flexibility index (Phi) is 4.37. The van der Waals surface area contributed by atoms with E-state index in [1.165, 1.54) is 19.3 Å². The summed E-state index contributed by atoms with van der Waals surface area (Å²) in [6.45, 7) is 4.85. The highest BCUT2D eigenvalue weighted by atomic mass is 16.1. The van der Waals surface area contributed by atoms with Crippen LogP contribution >= 0.6 is 0 Å². The molecular formula is C14H22N4O. The number of anilines is 1. The van der Waals surface area contributed by atoms with E-state index in [1.54, 1.807) is 12.3 Å². The molecule has 2 rings (SSSR count). The van der Waals surface area contributed by atoms with Gasteiger partial charge in [-0.1, -0.05) is 19.8 Å². The van der Waals surface area contributed by atoms with Crippen LogP contribution < -0.4 is 16.6 Å². The number of hydrogen-bond acceptors (Lipinski definition) is 4. The van der Waals surface area contributed by atoms with E-state index in [9.17, 15) is 4.79 Å². The number of aromatic nitrogens is 1. The fourth-order valence-electron chi connectivity index (χ4n) is 2.70. The largest absolute Gasteiger partial charge is 0.352 e. The number of amides is 1. The van der Waals surface area contributed by atoms with Gasteiger partial charge < -0.3 is 10.7 Å². The summed E-state index contributed by atoms with van der Waals surface area (Å²) in [6, 6.07) is 1.77. The van der Waals surface area contributed by atoms with E-state index in [2.05, 4.69) is 22.7 Å². The molecule has 1 heterocycles. The molecule has 1 aliphatic carbocycles. The highest BCUT2D eigenvalue weighted by molar-refractivity contribution is 5.99. The molecule has 0 radical (unpaired) electrons.